The monoisotopic (exact) mass is 337 g/mol. The lowest BCUT2D eigenvalue weighted by Gasteiger charge is -2.08. The molecule has 2 heterocycles. The largest absolute Gasteiger partial charge is 0.494 e. The van der Waals surface area contributed by atoms with Gasteiger partial charge < -0.3 is 15.5 Å². The fourth-order valence-corrected chi connectivity index (χ4v) is 2.55. The molecule has 5 nitrogen and oxygen atoms in total. The molecule has 0 atom stereocenters. The number of fused-ring (bicyclic) bond motifs is 1. The molecule has 0 amide bonds. The number of benzene rings is 1. The van der Waals surface area contributed by atoms with E-state index in [1.54, 1.807) is 0 Å². The Kier molecular flexibility index (Phi) is 3.65. The van der Waals surface area contributed by atoms with Crippen molar-refractivity contribution in [3.63, 3.8) is 0 Å². The minimum absolute atomic E-state index is 0.0183. The molecule has 0 unspecified atom stereocenters. The van der Waals surface area contributed by atoms with Gasteiger partial charge >= 0.3 is 0 Å². The Hall–Kier alpha value is -2.67. The molecule has 23 heavy (non-hydrogen) atoms. The highest BCUT2D eigenvalue weighted by Gasteiger charge is 2.25. The van der Waals surface area contributed by atoms with E-state index in [4.69, 9.17) is 22.1 Å². The van der Waals surface area contributed by atoms with Gasteiger partial charge in [0.2, 0.25) is 5.78 Å². The average Bonchev–Trinajstić information content (AvgIpc) is 2.95. The predicted octanol–water partition coefficient (Wildman–Crippen LogP) is 3.32. The SMILES string of the molecule is COc1c(Cl)cnc2[nH]cc(C(=O)c3c(F)ccc(N)c3F)c12. The van der Waals surface area contributed by atoms with Crippen LogP contribution in [0, 0.1) is 11.6 Å². The zero-order chi connectivity index (χ0) is 16.7. The quantitative estimate of drug-likeness (QED) is 0.567. The number of methoxy groups -OCH3 is 1. The van der Waals surface area contributed by atoms with E-state index in [0.717, 1.165) is 12.1 Å². The number of hydrogen-bond acceptors (Lipinski definition) is 4. The Bertz CT molecular complexity index is 940. The summed E-state index contributed by atoms with van der Waals surface area (Å²) in [5, 5.41) is 0.411. The molecule has 3 aromatic rings. The number of nitrogens with one attached hydrogen (secondary N) is 1. The summed E-state index contributed by atoms with van der Waals surface area (Å²) in [7, 11) is 1.36. The number of rotatable bonds is 3. The highest BCUT2D eigenvalue weighted by Crippen LogP contribution is 2.35. The fraction of sp³-hybridized carbons (Fsp3) is 0.0667. The minimum atomic E-state index is -1.11. The van der Waals surface area contributed by atoms with Crippen molar-refractivity contribution in [3.05, 3.63) is 52.3 Å². The van der Waals surface area contributed by atoms with Crippen LogP contribution in [-0.2, 0) is 0 Å². The van der Waals surface area contributed by atoms with E-state index in [0.29, 0.717) is 5.65 Å². The lowest BCUT2D eigenvalue weighted by atomic mass is 10.0. The van der Waals surface area contributed by atoms with Crippen molar-refractivity contribution in [2.45, 2.75) is 0 Å². The summed E-state index contributed by atoms with van der Waals surface area (Å²) in [6, 6.07) is 1.98. The van der Waals surface area contributed by atoms with Gasteiger partial charge in [0.25, 0.3) is 0 Å². The Labute approximate surface area is 134 Å². The van der Waals surface area contributed by atoms with Crippen LogP contribution in [0.5, 0.6) is 5.75 Å². The van der Waals surface area contributed by atoms with Gasteiger partial charge in [-0.2, -0.15) is 0 Å². The van der Waals surface area contributed by atoms with E-state index in [9.17, 15) is 13.6 Å². The van der Waals surface area contributed by atoms with Crippen LogP contribution >= 0.6 is 11.6 Å². The molecule has 0 bridgehead atoms. The number of nitrogens with two attached hydrogens (primary N) is 1. The summed E-state index contributed by atoms with van der Waals surface area (Å²) in [6.45, 7) is 0. The zero-order valence-corrected chi connectivity index (χ0v) is 12.5. The maximum Gasteiger partial charge on any atom is 0.201 e. The van der Waals surface area contributed by atoms with Crippen molar-refractivity contribution in [1.29, 1.82) is 0 Å². The van der Waals surface area contributed by atoms with Crippen LogP contribution in [0.25, 0.3) is 11.0 Å². The van der Waals surface area contributed by atoms with Crippen molar-refractivity contribution in [3.8, 4) is 5.75 Å². The average molecular weight is 338 g/mol. The predicted molar refractivity (Wildman–Crippen MR) is 81.9 cm³/mol. The first kappa shape index (κ1) is 15.2. The molecular formula is C15H10ClF2N3O2. The maximum absolute atomic E-state index is 14.1. The summed E-state index contributed by atoms with van der Waals surface area (Å²) >= 11 is 5.99. The molecule has 0 saturated heterocycles. The fourth-order valence-electron chi connectivity index (χ4n) is 2.33. The van der Waals surface area contributed by atoms with Crippen LogP contribution < -0.4 is 10.5 Å². The van der Waals surface area contributed by atoms with E-state index in [-0.39, 0.29) is 27.4 Å². The molecule has 0 spiro atoms. The Morgan fingerprint density at radius 3 is 2.83 bits per heavy atom. The first-order valence-corrected chi connectivity index (χ1v) is 6.81. The molecule has 8 heteroatoms. The molecule has 0 saturated carbocycles. The van der Waals surface area contributed by atoms with Crippen LogP contribution in [0.4, 0.5) is 14.5 Å². The van der Waals surface area contributed by atoms with E-state index < -0.39 is 23.0 Å². The molecule has 2 aromatic heterocycles. The third-order valence-electron chi connectivity index (χ3n) is 3.41. The number of aromatic amines is 1. The molecule has 118 valence electrons. The highest BCUT2D eigenvalue weighted by molar-refractivity contribution is 6.33. The van der Waals surface area contributed by atoms with Crippen molar-refractivity contribution in [2.75, 3.05) is 12.8 Å². The van der Waals surface area contributed by atoms with Gasteiger partial charge in [-0.25, -0.2) is 13.8 Å². The summed E-state index contributed by atoms with van der Waals surface area (Å²) in [5.41, 5.74) is 4.64. The Morgan fingerprint density at radius 1 is 1.39 bits per heavy atom. The molecule has 3 N–H and O–H groups in total. The second-order valence-electron chi connectivity index (χ2n) is 4.72. The molecule has 1 aromatic carbocycles. The number of H-pyrrole nitrogens is 1. The summed E-state index contributed by atoms with van der Waals surface area (Å²) < 4.78 is 33.2. The van der Waals surface area contributed by atoms with Gasteiger partial charge in [0.1, 0.15) is 16.5 Å². The number of carbonyl (C=O) groups excluding carboxylic acids is 1. The third kappa shape index (κ3) is 2.29. The molecule has 0 aliphatic carbocycles. The van der Waals surface area contributed by atoms with Gasteiger partial charge in [-0.1, -0.05) is 11.6 Å². The minimum Gasteiger partial charge on any atom is -0.494 e. The number of nitrogen functional groups attached to an aromatic ring is 1. The normalized spacial score (nSPS) is 11.0. The Balaban J connectivity index is 2.28. The van der Waals surface area contributed by atoms with Gasteiger partial charge in [0, 0.05) is 6.20 Å². The standard InChI is InChI=1S/C15H10ClF2N3O2/c1-23-14-7(16)5-21-15-10(14)6(4-20-15)13(22)11-8(17)2-3-9(19)12(11)18/h2-5H,19H2,1H3,(H,20,21). The van der Waals surface area contributed by atoms with Gasteiger partial charge in [-0.05, 0) is 12.1 Å². The smallest absolute Gasteiger partial charge is 0.201 e. The highest BCUT2D eigenvalue weighted by atomic mass is 35.5. The zero-order valence-electron chi connectivity index (χ0n) is 11.8. The molecular weight excluding hydrogens is 328 g/mol. The third-order valence-corrected chi connectivity index (χ3v) is 3.68. The summed E-state index contributed by atoms with van der Waals surface area (Å²) in [5.74, 6) is -2.82. The van der Waals surface area contributed by atoms with Gasteiger partial charge in [-0.15, -0.1) is 0 Å². The van der Waals surface area contributed by atoms with E-state index in [1.165, 1.54) is 19.5 Å². The van der Waals surface area contributed by atoms with Crippen molar-refractivity contribution < 1.29 is 18.3 Å². The van der Waals surface area contributed by atoms with Crippen LogP contribution in [0.1, 0.15) is 15.9 Å². The topological polar surface area (TPSA) is 81.0 Å². The van der Waals surface area contributed by atoms with E-state index >= 15 is 0 Å². The van der Waals surface area contributed by atoms with Gasteiger partial charge in [0.15, 0.2) is 11.6 Å². The first-order valence-electron chi connectivity index (χ1n) is 6.43. The maximum atomic E-state index is 14.1. The van der Waals surface area contributed by atoms with Crippen LogP contribution in [-0.4, -0.2) is 22.9 Å². The number of ether oxygens (including phenoxy) is 1. The number of nitrogens with zero attached hydrogens (tertiary/aromatic N) is 1. The Morgan fingerprint density at radius 2 is 2.13 bits per heavy atom. The summed E-state index contributed by atoms with van der Waals surface area (Å²) in [6.07, 6.45) is 2.63. The number of anilines is 1. The first-order chi connectivity index (χ1) is 11.0. The van der Waals surface area contributed by atoms with Crippen LogP contribution in [0.15, 0.2) is 24.5 Å². The summed E-state index contributed by atoms with van der Waals surface area (Å²) in [4.78, 5) is 19.4. The second-order valence-corrected chi connectivity index (χ2v) is 5.13. The number of ketones is 1. The molecule has 0 aliphatic heterocycles. The number of pyridine rings is 1. The number of aromatic nitrogens is 2. The van der Waals surface area contributed by atoms with Gasteiger partial charge in [0.05, 0.1) is 35.5 Å². The molecule has 3 rings (SSSR count). The number of carbonyl (C=O) groups is 1. The molecule has 0 fully saturated rings. The van der Waals surface area contributed by atoms with E-state index in [2.05, 4.69) is 9.97 Å². The van der Waals surface area contributed by atoms with Crippen LogP contribution in [0.2, 0.25) is 5.02 Å². The lowest BCUT2D eigenvalue weighted by molar-refractivity contribution is 0.103. The molecule has 0 aliphatic rings. The number of hydrogen-bond donors (Lipinski definition) is 2. The molecule has 0 radical (unpaired) electrons. The van der Waals surface area contributed by atoms with Gasteiger partial charge in [-0.3, -0.25) is 4.79 Å². The van der Waals surface area contributed by atoms with Crippen molar-refractivity contribution in [1.82, 2.24) is 9.97 Å². The number of halogens is 3. The van der Waals surface area contributed by atoms with E-state index in [1.807, 2.05) is 0 Å². The van der Waals surface area contributed by atoms with Crippen molar-refractivity contribution in [2.24, 2.45) is 0 Å². The lowest BCUT2D eigenvalue weighted by Crippen LogP contribution is -2.09. The van der Waals surface area contributed by atoms with Crippen molar-refractivity contribution >= 4 is 34.1 Å². The van der Waals surface area contributed by atoms with Crippen LogP contribution in [0.3, 0.4) is 0 Å². The second kappa shape index (κ2) is 5.51.